The number of halogens is 3. The fraction of sp³-hybridized carbons (Fsp3) is 0.200. The molecule has 20 heavy (non-hydrogen) atoms. The van der Waals surface area contributed by atoms with Gasteiger partial charge in [0.05, 0.1) is 6.04 Å². The van der Waals surface area contributed by atoms with E-state index in [0.717, 1.165) is 21.3 Å². The van der Waals surface area contributed by atoms with Crippen molar-refractivity contribution < 1.29 is 4.39 Å². The van der Waals surface area contributed by atoms with E-state index in [2.05, 4.69) is 37.2 Å². The lowest BCUT2D eigenvalue weighted by molar-refractivity contribution is 0.624. The molecule has 5 heteroatoms. The summed E-state index contributed by atoms with van der Waals surface area (Å²) >= 11 is 6.86. The molecular weight excluding hydrogens is 387 g/mol. The highest BCUT2D eigenvalue weighted by atomic mass is 79.9. The maximum atomic E-state index is 13.2. The first kappa shape index (κ1) is 15.5. The summed E-state index contributed by atoms with van der Waals surface area (Å²) in [6, 6.07) is 10.6. The van der Waals surface area contributed by atoms with Crippen molar-refractivity contribution in [2.45, 2.75) is 13.0 Å². The van der Waals surface area contributed by atoms with Gasteiger partial charge in [-0.2, -0.15) is 0 Å². The molecule has 0 saturated carbocycles. The summed E-state index contributed by atoms with van der Waals surface area (Å²) in [4.78, 5) is 0. The smallest absolute Gasteiger partial charge is 0.124 e. The first-order valence-electron chi connectivity index (χ1n) is 6.18. The van der Waals surface area contributed by atoms with Gasteiger partial charge in [-0.15, -0.1) is 0 Å². The fourth-order valence-corrected chi connectivity index (χ4v) is 3.30. The van der Waals surface area contributed by atoms with Gasteiger partial charge in [0, 0.05) is 21.2 Å². The highest BCUT2D eigenvalue weighted by Gasteiger charge is 2.13. The van der Waals surface area contributed by atoms with Gasteiger partial charge in [-0.05, 0) is 48.4 Å². The third kappa shape index (κ3) is 3.81. The molecule has 2 rings (SSSR count). The summed E-state index contributed by atoms with van der Waals surface area (Å²) < 4.78 is 14.9. The summed E-state index contributed by atoms with van der Waals surface area (Å²) in [6.07, 6.45) is 0. The molecule has 1 unspecified atom stereocenters. The summed E-state index contributed by atoms with van der Waals surface area (Å²) in [5.74, 6) is -0.269. The van der Waals surface area contributed by atoms with Crippen molar-refractivity contribution in [3.8, 4) is 0 Å². The van der Waals surface area contributed by atoms with Gasteiger partial charge in [-0.25, -0.2) is 4.39 Å². The molecule has 0 radical (unpaired) electrons. The molecule has 1 atom stereocenters. The number of anilines is 1. The Labute approximate surface area is 134 Å². The molecule has 0 saturated heterocycles. The second kappa shape index (κ2) is 6.70. The van der Waals surface area contributed by atoms with Crippen molar-refractivity contribution in [2.24, 2.45) is 5.73 Å². The van der Waals surface area contributed by atoms with Crippen LogP contribution in [0.3, 0.4) is 0 Å². The molecule has 106 valence electrons. The highest BCUT2D eigenvalue weighted by Crippen LogP contribution is 2.28. The Kier molecular flexibility index (Phi) is 5.18. The monoisotopic (exact) mass is 400 g/mol. The number of benzene rings is 2. The maximum Gasteiger partial charge on any atom is 0.124 e. The van der Waals surface area contributed by atoms with E-state index in [-0.39, 0.29) is 11.9 Å². The molecule has 2 aromatic carbocycles. The number of aryl methyl sites for hydroxylation is 1. The molecule has 0 aliphatic rings. The standard InChI is InChI=1S/C15H15Br2FN2/c1-9-4-10(16)6-12(5-9)20-15(8-19)13-3-2-11(18)7-14(13)17/h2-7,15,20H,8,19H2,1H3. The molecule has 0 bridgehead atoms. The quantitative estimate of drug-likeness (QED) is 0.774. The zero-order chi connectivity index (χ0) is 14.7. The summed E-state index contributed by atoms with van der Waals surface area (Å²) in [5.41, 5.74) is 8.91. The topological polar surface area (TPSA) is 38.0 Å². The van der Waals surface area contributed by atoms with Crippen LogP contribution in [-0.4, -0.2) is 6.54 Å². The van der Waals surface area contributed by atoms with Gasteiger partial charge in [-0.1, -0.05) is 37.9 Å². The fourth-order valence-electron chi connectivity index (χ4n) is 2.07. The zero-order valence-corrected chi connectivity index (χ0v) is 14.1. The molecule has 2 nitrogen and oxygen atoms in total. The van der Waals surface area contributed by atoms with Crippen molar-refractivity contribution in [3.63, 3.8) is 0 Å². The van der Waals surface area contributed by atoms with Crippen molar-refractivity contribution in [1.82, 2.24) is 0 Å². The first-order chi connectivity index (χ1) is 9.49. The van der Waals surface area contributed by atoms with Crippen LogP contribution in [0.4, 0.5) is 10.1 Å². The lowest BCUT2D eigenvalue weighted by Crippen LogP contribution is -2.21. The molecule has 0 aliphatic carbocycles. The van der Waals surface area contributed by atoms with Crippen molar-refractivity contribution >= 4 is 37.5 Å². The predicted molar refractivity (Wildman–Crippen MR) is 88.4 cm³/mol. The van der Waals surface area contributed by atoms with Gasteiger partial charge in [-0.3, -0.25) is 0 Å². The molecule has 0 heterocycles. The summed E-state index contributed by atoms with van der Waals surface area (Å²) in [5, 5.41) is 3.38. The molecule has 0 fully saturated rings. The van der Waals surface area contributed by atoms with Gasteiger partial charge in [0.2, 0.25) is 0 Å². The minimum absolute atomic E-state index is 0.0846. The van der Waals surface area contributed by atoms with Crippen LogP contribution in [0.15, 0.2) is 45.3 Å². The number of rotatable bonds is 4. The van der Waals surface area contributed by atoms with Gasteiger partial charge in [0.25, 0.3) is 0 Å². The summed E-state index contributed by atoms with van der Waals surface area (Å²) in [7, 11) is 0. The third-order valence-electron chi connectivity index (χ3n) is 2.96. The van der Waals surface area contributed by atoms with Crippen LogP contribution in [0.2, 0.25) is 0 Å². The average Bonchev–Trinajstić information content (AvgIpc) is 2.35. The molecule has 3 N–H and O–H groups in total. The number of nitrogens with one attached hydrogen (secondary N) is 1. The van der Waals surface area contributed by atoms with E-state index in [9.17, 15) is 4.39 Å². The van der Waals surface area contributed by atoms with Gasteiger partial charge >= 0.3 is 0 Å². The van der Waals surface area contributed by atoms with Crippen LogP contribution in [0.25, 0.3) is 0 Å². The second-order valence-electron chi connectivity index (χ2n) is 4.62. The van der Waals surface area contributed by atoms with Crippen LogP contribution < -0.4 is 11.1 Å². The molecule has 2 aromatic rings. The van der Waals surface area contributed by atoms with Gasteiger partial charge < -0.3 is 11.1 Å². The lowest BCUT2D eigenvalue weighted by atomic mass is 10.1. The normalized spacial score (nSPS) is 12.2. The van der Waals surface area contributed by atoms with Crippen molar-refractivity contribution in [1.29, 1.82) is 0 Å². The van der Waals surface area contributed by atoms with E-state index in [1.807, 2.05) is 25.1 Å². The van der Waals surface area contributed by atoms with E-state index in [0.29, 0.717) is 11.0 Å². The maximum absolute atomic E-state index is 13.2. The van der Waals surface area contributed by atoms with Crippen molar-refractivity contribution in [2.75, 3.05) is 11.9 Å². The van der Waals surface area contributed by atoms with E-state index < -0.39 is 0 Å². The molecule has 0 aliphatic heterocycles. The predicted octanol–water partition coefficient (Wildman–Crippen LogP) is 4.77. The SMILES string of the molecule is Cc1cc(Br)cc(NC(CN)c2ccc(F)cc2Br)c1. The Bertz CT molecular complexity index is 597. The van der Waals surface area contributed by atoms with Crippen LogP contribution in [-0.2, 0) is 0 Å². The number of hydrogen-bond donors (Lipinski definition) is 2. The van der Waals surface area contributed by atoms with E-state index in [1.165, 1.54) is 12.1 Å². The third-order valence-corrected chi connectivity index (χ3v) is 4.10. The van der Waals surface area contributed by atoms with E-state index in [4.69, 9.17) is 5.73 Å². The van der Waals surface area contributed by atoms with Crippen LogP contribution in [0.1, 0.15) is 17.2 Å². The second-order valence-corrected chi connectivity index (χ2v) is 6.39. The summed E-state index contributed by atoms with van der Waals surface area (Å²) in [6.45, 7) is 2.44. The van der Waals surface area contributed by atoms with Crippen LogP contribution in [0.5, 0.6) is 0 Å². The minimum Gasteiger partial charge on any atom is -0.377 e. The first-order valence-corrected chi connectivity index (χ1v) is 7.77. The lowest BCUT2D eigenvalue weighted by Gasteiger charge is -2.20. The van der Waals surface area contributed by atoms with Crippen LogP contribution >= 0.6 is 31.9 Å². The Morgan fingerprint density at radius 1 is 1.20 bits per heavy atom. The van der Waals surface area contributed by atoms with Crippen molar-refractivity contribution in [3.05, 3.63) is 62.3 Å². The number of nitrogens with two attached hydrogens (primary N) is 1. The zero-order valence-electron chi connectivity index (χ0n) is 11.0. The number of hydrogen-bond acceptors (Lipinski definition) is 2. The van der Waals surface area contributed by atoms with Gasteiger partial charge in [0.15, 0.2) is 0 Å². The average molecular weight is 402 g/mol. The molecule has 0 amide bonds. The van der Waals surface area contributed by atoms with E-state index >= 15 is 0 Å². The Morgan fingerprint density at radius 3 is 2.55 bits per heavy atom. The van der Waals surface area contributed by atoms with Gasteiger partial charge in [0.1, 0.15) is 5.82 Å². The molecular formula is C15H15Br2FN2. The van der Waals surface area contributed by atoms with Crippen LogP contribution in [0, 0.1) is 12.7 Å². The largest absolute Gasteiger partial charge is 0.377 e. The molecule has 0 aromatic heterocycles. The van der Waals surface area contributed by atoms with E-state index in [1.54, 1.807) is 6.07 Å². The Balaban J connectivity index is 2.28. The Hall–Kier alpha value is -0.910. The Morgan fingerprint density at radius 2 is 1.95 bits per heavy atom. The highest BCUT2D eigenvalue weighted by molar-refractivity contribution is 9.10. The molecule has 0 spiro atoms. The minimum atomic E-state index is -0.269.